The van der Waals surface area contributed by atoms with Gasteiger partial charge in [0.1, 0.15) is 11.6 Å². The highest BCUT2D eigenvalue weighted by Gasteiger charge is 2.25. The zero-order chi connectivity index (χ0) is 20.9. The second-order valence-electron chi connectivity index (χ2n) is 7.65. The number of fused-ring (bicyclic) bond motifs is 1. The van der Waals surface area contributed by atoms with Gasteiger partial charge in [-0.25, -0.2) is 4.79 Å². The number of hydrogen-bond donors (Lipinski definition) is 2. The first-order valence-electron chi connectivity index (χ1n) is 9.41. The Morgan fingerprint density at radius 2 is 1.79 bits per heavy atom. The molecular formula is C21H25N5O3. The van der Waals surface area contributed by atoms with Crippen molar-refractivity contribution in [3.63, 3.8) is 0 Å². The Balaban J connectivity index is 1.69. The fraction of sp³-hybridized carbons (Fsp3) is 0.333. The lowest BCUT2D eigenvalue weighted by Gasteiger charge is -2.23. The SMILES string of the molecule is CC(C)(C)OC(=O)N[C@@H](Cc1ccccc1)C(=O)NCc1nnc2ccccn12. The average molecular weight is 395 g/mol. The van der Waals surface area contributed by atoms with E-state index in [1.165, 1.54) is 0 Å². The van der Waals surface area contributed by atoms with Crippen molar-refractivity contribution in [2.75, 3.05) is 0 Å². The zero-order valence-electron chi connectivity index (χ0n) is 16.8. The Hall–Kier alpha value is -3.42. The number of amides is 2. The van der Waals surface area contributed by atoms with E-state index in [4.69, 9.17) is 4.74 Å². The van der Waals surface area contributed by atoms with Crippen molar-refractivity contribution in [3.8, 4) is 0 Å². The lowest BCUT2D eigenvalue weighted by molar-refractivity contribution is -0.123. The van der Waals surface area contributed by atoms with Crippen molar-refractivity contribution in [3.05, 3.63) is 66.1 Å². The minimum absolute atomic E-state index is 0.186. The summed E-state index contributed by atoms with van der Waals surface area (Å²) in [7, 11) is 0. The van der Waals surface area contributed by atoms with Gasteiger partial charge in [0.25, 0.3) is 0 Å². The molecule has 8 heteroatoms. The van der Waals surface area contributed by atoms with Crippen LogP contribution in [-0.4, -0.2) is 38.2 Å². The summed E-state index contributed by atoms with van der Waals surface area (Å²) in [5, 5.41) is 13.7. The molecule has 29 heavy (non-hydrogen) atoms. The maximum absolute atomic E-state index is 12.8. The number of nitrogens with zero attached hydrogens (tertiary/aromatic N) is 3. The summed E-state index contributed by atoms with van der Waals surface area (Å²) in [6.07, 6.45) is 1.53. The molecule has 1 aromatic carbocycles. The van der Waals surface area contributed by atoms with Crippen molar-refractivity contribution < 1.29 is 14.3 Å². The number of carbonyl (C=O) groups is 2. The van der Waals surface area contributed by atoms with Gasteiger partial charge in [0.05, 0.1) is 6.54 Å². The minimum Gasteiger partial charge on any atom is -0.444 e. The van der Waals surface area contributed by atoms with Gasteiger partial charge in [-0.15, -0.1) is 10.2 Å². The molecule has 0 saturated carbocycles. The van der Waals surface area contributed by atoms with E-state index in [-0.39, 0.29) is 12.5 Å². The molecule has 2 heterocycles. The van der Waals surface area contributed by atoms with Gasteiger partial charge < -0.3 is 15.4 Å². The molecule has 0 aliphatic carbocycles. The van der Waals surface area contributed by atoms with Gasteiger partial charge in [0.2, 0.25) is 5.91 Å². The summed E-state index contributed by atoms with van der Waals surface area (Å²) in [6.45, 7) is 5.51. The highest BCUT2D eigenvalue weighted by molar-refractivity contribution is 5.86. The molecule has 0 unspecified atom stereocenters. The van der Waals surface area contributed by atoms with E-state index in [0.717, 1.165) is 5.56 Å². The molecular weight excluding hydrogens is 370 g/mol. The van der Waals surface area contributed by atoms with E-state index in [9.17, 15) is 9.59 Å². The minimum atomic E-state index is -0.786. The normalized spacial score (nSPS) is 12.4. The first kappa shape index (κ1) is 20.3. The first-order chi connectivity index (χ1) is 13.8. The summed E-state index contributed by atoms with van der Waals surface area (Å²) in [4.78, 5) is 25.1. The third-order valence-corrected chi connectivity index (χ3v) is 4.10. The topological polar surface area (TPSA) is 97.6 Å². The molecule has 0 aliphatic heterocycles. The van der Waals surface area contributed by atoms with E-state index in [2.05, 4.69) is 20.8 Å². The van der Waals surface area contributed by atoms with Crippen LogP contribution >= 0.6 is 0 Å². The Kier molecular flexibility index (Phi) is 6.11. The van der Waals surface area contributed by atoms with Gasteiger partial charge in [-0.1, -0.05) is 36.4 Å². The van der Waals surface area contributed by atoms with Gasteiger partial charge >= 0.3 is 6.09 Å². The standard InChI is InChI=1S/C21H25N5O3/c1-21(2,3)29-20(28)23-16(13-15-9-5-4-6-10-15)19(27)22-14-18-25-24-17-11-7-8-12-26(17)18/h4-12,16H,13-14H2,1-3H3,(H,22,27)(H,23,28)/t16-/m0/s1. The highest BCUT2D eigenvalue weighted by atomic mass is 16.6. The van der Waals surface area contributed by atoms with Crippen LogP contribution in [0.4, 0.5) is 4.79 Å². The van der Waals surface area contributed by atoms with Crippen LogP contribution < -0.4 is 10.6 Å². The van der Waals surface area contributed by atoms with Gasteiger partial charge in [0, 0.05) is 12.6 Å². The molecule has 3 rings (SSSR count). The van der Waals surface area contributed by atoms with E-state index < -0.39 is 17.7 Å². The number of pyridine rings is 1. The number of alkyl carbamates (subject to hydrolysis) is 1. The molecule has 1 atom stereocenters. The lowest BCUT2D eigenvalue weighted by atomic mass is 10.1. The number of nitrogens with one attached hydrogen (secondary N) is 2. The fourth-order valence-corrected chi connectivity index (χ4v) is 2.81. The molecule has 152 valence electrons. The third kappa shape index (κ3) is 5.78. The van der Waals surface area contributed by atoms with E-state index in [0.29, 0.717) is 17.9 Å². The predicted molar refractivity (Wildman–Crippen MR) is 108 cm³/mol. The predicted octanol–water partition coefficient (Wildman–Crippen LogP) is 2.48. The van der Waals surface area contributed by atoms with Crippen LogP contribution in [0.1, 0.15) is 32.2 Å². The number of benzene rings is 1. The Bertz CT molecular complexity index is 979. The van der Waals surface area contributed by atoms with Crippen LogP contribution in [0.15, 0.2) is 54.7 Å². The lowest BCUT2D eigenvalue weighted by Crippen LogP contribution is -2.49. The highest BCUT2D eigenvalue weighted by Crippen LogP contribution is 2.09. The maximum atomic E-state index is 12.8. The van der Waals surface area contributed by atoms with Crippen molar-refractivity contribution >= 4 is 17.6 Å². The fourth-order valence-electron chi connectivity index (χ4n) is 2.81. The first-order valence-corrected chi connectivity index (χ1v) is 9.41. The Labute approximate surface area is 169 Å². The summed E-state index contributed by atoms with van der Waals surface area (Å²) < 4.78 is 7.11. The molecule has 2 N–H and O–H groups in total. The number of hydrogen-bond acceptors (Lipinski definition) is 5. The van der Waals surface area contributed by atoms with Crippen LogP contribution in [0.25, 0.3) is 5.65 Å². The zero-order valence-corrected chi connectivity index (χ0v) is 16.8. The van der Waals surface area contributed by atoms with Crippen LogP contribution in [0.5, 0.6) is 0 Å². The van der Waals surface area contributed by atoms with E-state index in [1.807, 2.05) is 54.7 Å². The maximum Gasteiger partial charge on any atom is 0.408 e. The van der Waals surface area contributed by atoms with Gasteiger partial charge in [0.15, 0.2) is 11.5 Å². The van der Waals surface area contributed by atoms with Crippen LogP contribution in [0, 0.1) is 0 Å². The van der Waals surface area contributed by atoms with Crippen molar-refractivity contribution in [1.82, 2.24) is 25.2 Å². The van der Waals surface area contributed by atoms with Crippen molar-refractivity contribution in [2.24, 2.45) is 0 Å². The smallest absolute Gasteiger partial charge is 0.408 e. The Morgan fingerprint density at radius 3 is 2.52 bits per heavy atom. The molecule has 0 bridgehead atoms. The molecule has 0 aliphatic rings. The molecule has 2 aromatic heterocycles. The summed E-state index contributed by atoms with van der Waals surface area (Å²) in [5.74, 6) is 0.275. The second kappa shape index (κ2) is 8.72. The number of ether oxygens (including phenoxy) is 1. The van der Waals surface area contributed by atoms with Crippen LogP contribution in [0.2, 0.25) is 0 Å². The third-order valence-electron chi connectivity index (χ3n) is 4.10. The summed E-state index contributed by atoms with van der Waals surface area (Å²) in [5.41, 5.74) is 0.972. The van der Waals surface area contributed by atoms with Gasteiger partial charge in [-0.2, -0.15) is 0 Å². The molecule has 0 spiro atoms. The number of rotatable bonds is 6. The second-order valence-corrected chi connectivity index (χ2v) is 7.65. The molecule has 0 fully saturated rings. The molecule has 8 nitrogen and oxygen atoms in total. The molecule has 2 amide bonds. The van der Waals surface area contributed by atoms with E-state index >= 15 is 0 Å². The van der Waals surface area contributed by atoms with Gasteiger partial charge in [-0.3, -0.25) is 9.20 Å². The summed E-state index contributed by atoms with van der Waals surface area (Å²) >= 11 is 0. The summed E-state index contributed by atoms with van der Waals surface area (Å²) in [6, 6.07) is 14.3. The van der Waals surface area contributed by atoms with Crippen LogP contribution in [-0.2, 0) is 22.5 Å². The van der Waals surface area contributed by atoms with Gasteiger partial charge in [-0.05, 0) is 38.5 Å². The van der Waals surface area contributed by atoms with Crippen LogP contribution in [0.3, 0.4) is 0 Å². The molecule has 0 radical (unpaired) electrons. The quantitative estimate of drug-likeness (QED) is 0.668. The largest absolute Gasteiger partial charge is 0.444 e. The molecule has 0 saturated heterocycles. The molecule has 3 aromatic rings. The number of aromatic nitrogens is 3. The monoisotopic (exact) mass is 395 g/mol. The van der Waals surface area contributed by atoms with Crippen molar-refractivity contribution in [1.29, 1.82) is 0 Å². The Morgan fingerprint density at radius 1 is 1.07 bits per heavy atom. The van der Waals surface area contributed by atoms with Crippen molar-refractivity contribution in [2.45, 2.75) is 45.4 Å². The average Bonchev–Trinajstić information content (AvgIpc) is 3.08. The van der Waals surface area contributed by atoms with E-state index in [1.54, 1.807) is 25.2 Å². The number of carbonyl (C=O) groups excluding carboxylic acids is 2.